The van der Waals surface area contributed by atoms with Gasteiger partial charge in [-0.2, -0.15) is 0 Å². The molecular weight excluding hydrogens is 340 g/mol. The van der Waals surface area contributed by atoms with Gasteiger partial charge in [0.1, 0.15) is 6.33 Å². The fraction of sp³-hybridized carbons (Fsp3) is 0.529. The van der Waals surface area contributed by atoms with Gasteiger partial charge < -0.3 is 11.1 Å². The summed E-state index contributed by atoms with van der Waals surface area (Å²) in [5, 5.41) is 14.6. The lowest BCUT2D eigenvalue weighted by molar-refractivity contribution is 0.0756. The molecule has 8 heteroatoms. The Morgan fingerprint density at radius 2 is 2.04 bits per heavy atom. The van der Waals surface area contributed by atoms with Gasteiger partial charge in [-0.3, -0.25) is 4.79 Å². The Kier molecular flexibility index (Phi) is 4.43. The highest BCUT2D eigenvalue weighted by Crippen LogP contribution is 2.39. The van der Waals surface area contributed by atoms with Crippen LogP contribution in [0, 0.1) is 11.8 Å². The van der Waals surface area contributed by atoms with E-state index in [1.165, 1.54) is 17.4 Å². The largest absolute Gasteiger partial charge is 0.349 e. The van der Waals surface area contributed by atoms with E-state index in [1.807, 2.05) is 0 Å². The van der Waals surface area contributed by atoms with Crippen molar-refractivity contribution in [3.05, 3.63) is 35.1 Å². The standard InChI is InChI=1S/C17H21ClN6O/c18-15-8-13(24-9-20-22-23-24)4-5-14(15)17(25)21-16-10-2-1-3-11(16)7-12(19)6-10/h4-5,8-12,16H,1-3,6-7,19H2,(H,21,25). The molecule has 1 amide bonds. The number of carbonyl (C=O) groups is 1. The number of rotatable bonds is 3. The number of tetrazole rings is 1. The third kappa shape index (κ3) is 3.26. The fourth-order valence-corrected chi connectivity index (χ4v) is 4.62. The van der Waals surface area contributed by atoms with E-state index in [0.717, 1.165) is 25.7 Å². The molecule has 2 aliphatic carbocycles. The van der Waals surface area contributed by atoms with Crippen LogP contribution in [-0.4, -0.2) is 38.2 Å². The number of nitrogens with zero attached hydrogens (tertiary/aromatic N) is 4. The van der Waals surface area contributed by atoms with Gasteiger partial charge in [-0.05, 0) is 66.1 Å². The number of hydrogen-bond donors (Lipinski definition) is 2. The molecule has 132 valence electrons. The van der Waals surface area contributed by atoms with Crippen molar-refractivity contribution in [3.8, 4) is 5.69 Å². The van der Waals surface area contributed by atoms with E-state index < -0.39 is 0 Å². The summed E-state index contributed by atoms with van der Waals surface area (Å²) in [5.41, 5.74) is 7.36. The molecule has 2 atom stereocenters. The van der Waals surface area contributed by atoms with Crippen molar-refractivity contribution in [1.29, 1.82) is 0 Å². The first-order valence-electron chi connectivity index (χ1n) is 8.71. The second-order valence-electron chi connectivity index (χ2n) is 7.10. The third-order valence-electron chi connectivity index (χ3n) is 5.49. The first-order chi connectivity index (χ1) is 12.1. The van der Waals surface area contributed by atoms with E-state index in [1.54, 1.807) is 18.2 Å². The molecular formula is C17H21ClN6O. The highest BCUT2D eigenvalue weighted by atomic mass is 35.5. The molecule has 2 bridgehead atoms. The second-order valence-corrected chi connectivity index (χ2v) is 7.51. The average molecular weight is 361 g/mol. The van der Waals surface area contributed by atoms with E-state index in [-0.39, 0.29) is 18.0 Å². The Morgan fingerprint density at radius 1 is 1.28 bits per heavy atom. The molecule has 0 saturated heterocycles. The van der Waals surface area contributed by atoms with Gasteiger partial charge >= 0.3 is 0 Å². The maximum Gasteiger partial charge on any atom is 0.253 e. The van der Waals surface area contributed by atoms with Crippen LogP contribution in [0.4, 0.5) is 0 Å². The van der Waals surface area contributed by atoms with Crippen molar-refractivity contribution in [3.63, 3.8) is 0 Å². The predicted molar refractivity (Wildman–Crippen MR) is 93.5 cm³/mol. The number of nitrogens with two attached hydrogens (primary N) is 1. The van der Waals surface area contributed by atoms with Gasteiger partial charge in [0.2, 0.25) is 0 Å². The molecule has 1 heterocycles. The van der Waals surface area contributed by atoms with E-state index in [2.05, 4.69) is 20.8 Å². The van der Waals surface area contributed by atoms with E-state index >= 15 is 0 Å². The molecule has 4 rings (SSSR count). The van der Waals surface area contributed by atoms with Crippen LogP contribution in [0.2, 0.25) is 5.02 Å². The number of aromatic nitrogens is 4. The minimum absolute atomic E-state index is 0.120. The summed E-state index contributed by atoms with van der Waals surface area (Å²) in [7, 11) is 0. The van der Waals surface area contributed by atoms with Crippen LogP contribution < -0.4 is 11.1 Å². The van der Waals surface area contributed by atoms with Crippen molar-refractivity contribution in [2.45, 2.75) is 44.2 Å². The van der Waals surface area contributed by atoms with Gasteiger partial charge in [0.05, 0.1) is 16.3 Å². The highest BCUT2D eigenvalue weighted by Gasteiger charge is 2.40. The SMILES string of the molecule is NC1CC2CCCC(C1)C2NC(=O)c1ccc(-n2cnnn2)cc1Cl. The molecule has 0 radical (unpaired) electrons. The fourth-order valence-electron chi connectivity index (χ4n) is 4.36. The topological polar surface area (TPSA) is 98.7 Å². The lowest BCUT2D eigenvalue weighted by Crippen LogP contribution is -2.53. The summed E-state index contributed by atoms with van der Waals surface area (Å²) < 4.78 is 1.50. The number of nitrogens with one attached hydrogen (secondary N) is 1. The Hall–Kier alpha value is -1.99. The third-order valence-corrected chi connectivity index (χ3v) is 5.80. The lowest BCUT2D eigenvalue weighted by Gasteiger charge is -2.45. The van der Waals surface area contributed by atoms with Crippen LogP contribution in [0.15, 0.2) is 24.5 Å². The first kappa shape index (κ1) is 16.5. The summed E-state index contributed by atoms with van der Waals surface area (Å²) in [6, 6.07) is 5.68. The zero-order valence-corrected chi connectivity index (χ0v) is 14.6. The maximum absolute atomic E-state index is 12.8. The summed E-state index contributed by atoms with van der Waals surface area (Å²) >= 11 is 6.34. The zero-order valence-electron chi connectivity index (χ0n) is 13.8. The number of halogens is 1. The minimum Gasteiger partial charge on any atom is -0.349 e. The number of benzene rings is 1. The van der Waals surface area contributed by atoms with Gasteiger partial charge in [0.15, 0.2) is 0 Å². The van der Waals surface area contributed by atoms with Gasteiger partial charge in [0.25, 0.3) is 5.91 Å². The van der Waals surface area contributed by atoms with Gasteiger partial charge in [0, 0.05) is 12.1 Å². The molecule has 25 heavy (non-hydrogen) atoms. The Bertz CT molecular complexity index is 751. The van der Waals surface area contributed by atoms with Crippen LogP contribution >= 0.6 is 11.6 Å². The molecule has 7 nitrogen and oxygen atoms in total. The number of fused-ring (bicyclic) bond motifs is 2. The molecule has 0 aliphatic heterocycles. The van der Waals surface area contributed by atoms with Crippen LogP contribution in [0.25, 0.3) is 5.69 Å². The normalized spacial score (nSPS) is 28.6. The van der Waals surface area contributed by atoms with Crippen molar-refractivity contribution in [2.24, 2.45) is 17.6 Å². The smallest absolute Gasteiger partial charge is 0.253 e. The lowest BCUT2D eigenvalue weighted by atomic mass is 9.67. The molecule has 3 N–H and O–H groups in total. The molecule has 1 aromatic carbocycles. The van der Waals surface area contributed by atoms with Crippen molar-refractivity contribution < 1.29 is 4.79 Å². The molecule has 2 aliphatic rings. The Balaban J connectivity index is 1.51. The quantitative estimate of drug-likeness (QED) is 0.871. The summed E-state index contributed by atoms with van der Waals surface area (Å²) in [6.07, 6.45) is 6.98. The van der Waals surface area contributed by atoms with Gasteiger partial charge in [-0.1, -0.05) is 18.0 Å². The van der Waals surface area contributed by atoms with Crippen LogP contribution in [0.5, 0.6) is 0 Å². The van der Waals surface area contributed by atoms with Gasteiger partial charge in [-0.15, -0.1) is 5.10 Å². The molecule has 1 aromatic heterocycles. The minimum atomic E-state index is -0.120. The Labute approximate surface area is 150 Å². The number of amides is 1. The Morgan fingerprint density at radius 3 is 2.68 bits per heavy atom. The van der Waals surface area contributed by atoms with Gasteiger partial charge in [-0.25, -0.2) is 4.68 Å². The molecule has 2 saturated carbocycles. The van der Waals surface area contributed by atoms with E-state index in [4.69, 9.17) is 17.3 Å². The highest BCUT2D eigenvalue weighted by molar-refractivity contribution is 6.34. The van der Waals surface area contributed by atoms with E-state index in [0.29, 0.717) is 28.1 Å². The maximum atomic E-state index is 12.8. The first-order valence-corrected chi connectivity index (χ1v) is 9.09. The number of carbonyl (C=O) groups excluding carboxylic acids is 1. The van der Waals surface area contributed by atoms with Crippen molar-refractivity contribution in [1.82, 2.24) is 25.5 Å². The summed E-state index contributed by atoms with van der Waals surface area (Å²) in [6.45, 7) is 0. The summed E-state index contributed by atoms with van der Waals surface area (Å²) in [5.74, 6) is 0.835. The van der Waals surface area contributed by atoms with Crippen molar-refractivity contribution in [2.75, 3.05) is 0 Å². The predicted octanol–water partition coefficient (Wildman–Crippen LogP) is 1.95. The van der Waals surface area contributed by atoms with Crippen LogP contribution in [0.1, 0.15) is 42.5 Å². The van der Waals surface area contributed by atoms with Crippen LogP contribution in [-0.2, 0) is 0 Å². The molecule has 2 fully saturated rings. The van der Waals surface area contributed by atoms with Crippen molar-refractivity contribution >= 4 is 17.5 Å². The molecule has 2 unspecified atom stereocenters. The number of hydrogen-bond acceptors (Lipinski definition) is 5. The summed E-state index contributed by atoms with van der Waals surface area (Å²) in [4.78, 5) is 12.8. The molecule has 0 spiro atoms. The molecule has 2 aromatic rings. The second kappa shape index (κ2) is 6.72. The van der Waals surface area contributed by atoms with E-state index in [9.17, 15) is 4.79 Å². The monoisotopic (exact) mass is 360 g/mol. The zero-order chi connectivity index (χ0) is 17.4. The van der Waals surface area contributed by atoms with Crippen LogP contribution in [0.3, 0.4) is 0 Å². The average Bonchev–Trinajstić information content (AvgIpc) is 3.10.